The molecule has 0 saturated carbocycles. The first-order chi connectivity index (χ1) is 10.8. The maximum atomic E-state index is 9.24. The molecule has 1 fully saturated rings. The summed E-state index contributed by atoms with van der Waals surface area (Å²) in [6, 6.07) is 10.2. The average molecular weight is 302 g/mol. The van der Waals surface area contributed by atoms with Gasteiger partial charge in [-0.3, -0.25) is 4.90 Å². The van der Waals surface area contributed by atoms with Crippen molar-refractivity contribution in [1.29, 1.82) is 0 Å². The van der Waals surface area contributed by atoms with E-state index in [2.05, 4.69) is 41.1 Å². The predicted molar refractivity (Wildman–Crippen MR) is 91.0 cm³/mol. The van der Waals surface area contributed by atoms with Crippen molar-refractivity contribution in [2.75, 3.05) is 33.3 Å². The molecule has 1 heterocycles. The Morgan fingerprint density at radius 1 is 1.23 bits per heavy atom. The first kappa shape index (κ1) is 16.0. The van der Waals surface area contributed by atoms with E-state index >= 15 is 0 Å². The Balaban J connectivity index is 1.65. The van der Waals surface area contributed by atoms with Crippen LogP contribution in [0.25, 0.3) is 0 Å². The van der Waals surface area contributed by atoms with E-state index in [1.54, 1.807) is 0 Å². The Morgan fingerprint density at radius 2 is 2.09 bits per heavy atom. The second-order valence-corrected chi connectivity index (χ2v) is 6.93. The minimum Gasteiger partial charge on any atom is -0.396 e. The van der Waals surface area contributed by atoms with Crippen molar-refractivity contribution in [1.82, 2.24) is 9.80 Å². The highest BCUT2D eigenvalue weighted by atomic mass is 16.3. The fourth-order valence-electron chi connectivity index (χ4n) is 4.27. The van der Waals surface area contributed by atoms with Crippen LogP contribution in [0, 0.1) is 0 Å². The molecule has 1 aliphatic heterocycles. The summed E-state index contributed by atoms with van der Waals surface area (Å²) < 4.78 is 0. The molecule has 0 spiro atoms. The first-order valence-electron chi connectivity index (χ1n) is 8.92. The van der Waals surface area contributed by atoms with Crippen LogP contribution in [0.5, 0.6) is 0 Å². The Bertz CT molecular complexity index is 476. The topological polar surface area (TPSA) is 26.7 Å². The molecule has 22 heavy (non-hydrogen) atoms. The normalized spacial score (nSPS) is 25.0. The first-order valence-corrected chi connectivity index (χ1v) is 8.92. The van der Waals surface area contributed by atoms with Crippen molar-refractivity contribution in [3.63, 3.8) is 0 Å². The number of aryl methyl sites for hydroxylation is 1. The van der Waals surface area contributed by atoms with Crippen molar-refractivity contribution >= 4 is 0 Å². The van der Waals surface area contributed by atoms with Crippen LogP contribution in [0.1, 0.15) is 49.3 Å². The molecule has 1 aliphatic carbocycles. The Morgan fingerprint density at radius 3 is 2.86 bits per heavy atom. The monoisotopic (exact) mass is 302 g/mol. The van der Waals surface area contributed by atoms with Crippen LogP contribution in [-0.2, 0) is 6.42 Å². The molecule has 1 saturated heterocycles. The zero-order chi connectivity index (χ0) is 15.4. The van der Waals surface area contributed by atoms with Gasteiger partial charge in [-0.1, -0.05) is 24.3 Å². The van der Waals surface area contributed by atoms with Gasteiger partial charge in [-0.15, -0.1) is 0 Å². The summed E-state index contributed by atoms with van der Waals surface area (Å²) in [5.74, 6) is 0. The predicted octanol–water partition coefficient (Wildman–Crippen LogP) is 2.84. The third kappa shape index (κ3) is 3.53. The molecule has 2 unspecified atom stereocenters. The van der Waals surface area contributed by atoms with Crippen molar-refractivity contribution in [2.45, 2.75) is 50.6 Å². The number of fused-ring (bicyclic) bond motifs is 1. The molecule has 0 amide bonds. The van der Waals surface area contributed by atoms with Crippen LogP contribution in [0.3, 0.4) is 0 Å². The number of benzene rings is 1. The van der Waals surface area contributed by atoms with Gasteiger partial charge < -0.3 is 10.0 Å². The highest BCUT2D eigenvalue weighted by molar-refractivity contribution is 5.34. The standard InChI is InChI=1S/C19H30N2O/c1-20-12-4-7-17(20)11-14-21(13-5-15-22)19-10-9-16-6-2-3-8-18(16)19/h2-3,6,8,17,19,22H,4-5,7,9-15H2,1H3. The van der Waals surface area contributed by atoms with Gasteiger partial charge >= 0.3 is 0 Å². The van der Waals surface area contributed by atoms with Crippen LogP contribution in [0.2, 0.25) is 0 Å². The zero-order valence-corrected chi connectivity index (χ0v) is 13.9. The van der Waals surface area contributed by atoms with Crippen molar-refractivity contribution in [2.24, 2.45) is 0 Å². The average Bonchev–Trinajstić information content (AvgIpc) is 3.14. The number of hydrogen-bond donors (Lipinski definition) is 1. The third-order valence-electron chi connectivity index (χ3n) is 5.57. The van der Waals surface area contributed by atoms with Crippen LogP contribution < -0.4 is 0 Å². The summed E-state index contributed by atoms with van der Waals surface area (Å²) in [7, 11) is 2.26. The van der Waals surface area contributed by atoms with Crippen LogP contribution in [0.4, 0.5) is 0 Å². The van der Waals surface area contributed by atoms with E-state index in [-0.39, 0.29) is 0 Å². The SMILES string of the molecule is CN1CCCC1CCN(CCCO)C1CCc2ccccc21. The van der Waals surface area contributed by atoms with Gasteiger partial charge in [0, 0.05) is 31.8 Å². The minimum absolute atomic E-state index is 0.300. The van der Waals surface area contributed by atoms with E-state index < -0.39 is 0 Å². The fraction of sp³-hybridized carbons (Fsp3) is 0.684. The molecular formula is C19H30N2O. The summed E-state index contributed by atoms with van der Waals surface area (Å²) in [6.45, 7) is 3.74. The third-order valence-corrected chi connectivity index (χ3v) is 5.57. The minimum atomic E-state index is 0.300. The molecule has 2 aliphatic rings. The number of likely N-dealkylation sites (tertiary alicyclic amines) is 1. The lowest BCUT2D eigenvalue weighted by Crippen LogP contribution is -2.34. The fourth-order valence-corrected chi connectivity index (χ4v) is 4.27. The van der Waals surface area contributed by atoms with E-state index in [4.69, 9.17) is 0 Å². The molecule has 1 aromatic rings. The van der Waals surface area contributed by atoms with E-state index in [1.807, 2.05) is 0 Å². The quantitative estimate of drug-likeness (QED) is 0.839. The van der Waals surface area contributed by atoms with Gasteiger partial charge in [0.05, 0.1) is 0 Å². The van der Waals surface area contributed by atoms with Gasteiger partial charge in [-0.05, 0) is 63.2 Å². The maximum Gasteiger partial charge on any atom is 0.0443 e. The van der Waals surface area contributed by atoms with Gasteiger partial charge in [0.2, 0.25) is 0 Å². The molecule has 2 atom stereocenters. The van der Waals surface area contributed by atoms with Gasteiger partial charge in [0.15, 0.2) is 0 Å². The summed E-state index contributed by atoms with van der Waals surface area (Å²) >= 11 is 0. The maximum absolute atomic E-state index is 9.24. The van der Waals surface area contributed by atoms with Crippen LogP contribution >= 0.6 is 0 Å². The lowest BCUT2D eigenvalue weighted by molar-refractivity contribution is 0.155. The summed E-state index contributed by atoms with van der Waals surface area (Å²) in [5, 5.41) is 9.24. The van der Waals surface area contributed by atoms with Gasteiger partial charge in [0.1, 0.15) is 0 Å². The molecule has 3 nitrogen and oxygen atoms in total. The Hall–Kier alpha value is -0.900. The van der Waals surface area contributed by atoms with E-state index in [0.29, 0.717) is 12.6 Å². The molecule has 1 aromatic carbocycles. The number of rotatable bonds is 7. The summed E-state index contributed by atoms with van der Waals surface area (Å²) in [4.78, 5) is 5.15. The largest absolute Gasteiger partial charge is 0.396 e. The highest BCUT2D eigenvalue weighted by Gasteiger charge is 2.28. The van der Waals surface area contributed by atoms with E-state index in [0.717, 1.165) is 25.6 Å². The number of aliphatic hydroxyl groups excluding tert-OH is 1. The lowest BCUT2D eigenvalue weighted by atomic mass is 10.0. The van der Waals surface area contributed by atoms with Gasteiger partial charge in [-0.25, -0.2) is 0 Å². The Labute approximate surface area is 134 Å². The lowest BCUT2D eigenvalue weighted by Gasteiger charge is -2.31. The molecule has 0 radical (unpaired) electrons. The van der Waals surface area contributed by atoms with Gasteiger partial charge in [0.25, 0.3) is 0 Å². The molecule has 0 bridgehead atoms. The van der Waals surface area contributed by atoms with E-state index in [1.165, 1.54) is 49.8 Å². The number of nitrogens with zero attached hydrogens (tertiary/aromatic N) is 2. The van der Waals surface area contributed by atoms with Gasteiger partial charge in [-0.2, -0.15) is 0 Å². The second kappa shape index (κ2) is 7.58. The zero-order valence-electron chi connectivity index (χ0n) is 13.9. The molecule has 122 valence electrons. The smallest absolute Gasteiger partial charge is 0.0443 e. The molecule has 1 N–H and O–H groups in total. The van der Waals surface area contributed by atoms with Crippen LogP contribution in [-0.4, -0.2) is 54.2 Å². The number of aliphatic hydroxyl groups is 1. The summed E-state index contributed by atoms with van der Waals surface area (Å²) in [6.07, 6.45) is 7.31. The number of hydrogen-bond acceptors (Lipinski definition) is 3. The van der Waals surface area contributed by atoms with Crippen molar-refractivity contribution in [3.05, 3.63) is 35.4 Å². The van der Waals surface area contributed by atoms with E-state index in [9.17, 15) is 5.11 Å². The molecule has 3 rings (SSSR count). The Kier molecular flexibility index (Phi) is 5.51. The molecular weight excluding hydrogens is 272 g/mol. The van der Waals surface area contributed by atoms with Crippen molar-refractivity contribution in [3.8, 4) is 0 Å². The second-order valence-electron chi connectivity index (χ2n) is 6.93. The molecule has 0 aromatic heterocycles. The van der Waals surface area contributed by atoms with Crippen molar-refractivity contribution < 1.29 is 5.11 Å². The van der Waals surface area contributed by atoms with Crippen LogP contribution in [0.15, 0.2) is 24.3 Å². The molecule has 3 heteroatoms. The summed E-state index contributed by atoms with van der Waals surface area (Å²) in [5.41, 5.74) is 3.06. The highest BCUT2D eigenvalue weighted by Crippen LogP contribution is 2.36.